The van der Waals surface area contributed by atoms with Crippen molar-refractivity contribution < 1.29 is 19.1 Å². The Morgan fingerprint density at radius 3 is 2.10 bits per heavy atom. The minimum Gasteiger partial charge on any atom is -0.457 e. The van der Waals surface area contributed by atoms with E-state index in [1.54, 1.807) is 43.3 Å². The maximum atomic E-state index is 12.6. The van der Waals surface area contributed by atoms with Crippen molar-refractivity contribution >= 4 is 17.6 Å². The van der Waals surface area contributed by atoms with Crippen molar-refractivity contribution in [3.05, 3.63) is 84.4 Å². The fourth-order valence-electron chi connectivity index (χ4n) is 3.48. The zero-order valence-electron chi connectivity index (χ0n) is 17.4. The fourth-order valence-corrected chi connectivity index (χ4v) is 3.48. The number of hydrogen-bond acceptors (Lipinski definition) is 5. The first kappa shape index (κ1) is 20.5. The van der Waals surface area contributed by atoms with Crippen LogP contribution >= 0.6 is 0 Å². The van der Waals surface area contributed by atoms with Gasteiger partial charge in [0.15, 0.2) is 0 Å². The quantitative estimate of drug-likeness (QED) is 0.457. The van der Waals surface area contributed by atoms with Crippen LogP contribution in [0, 0.1) is 0 Å². The topological polar surface area (TPSA) is 59.1 Å². The second kappa shape index (κ2) is 9.34. The van der Waals surface area contributed by atoms with Crippen LogP contribution in [0.5, 0.6) is 17.2 Å². The Labute approximate surface area is 181 Å². The van der Waals surface area contributed by atoms with Gasteiger partial charge in [-0.25, -0.2) is 4.79 Å². The van der Waals surface area contributed by atoms with E-state index in [9.17, 15) is 9.59 Å². The summed E-state index contributed by atoms with van der Waals surface area (Å²) in [5, 5.41) is 0. The number of hydrogen-bond donors (Lipinski definition) is 0. The number of para-hydroxylation sites is 1. The third kappa shape index (κ3) is 5.22. The fraction of sp³-hybridized carbons (Fsp3) is 0.200. The lowest BCUT2D eigenvalue weighted by Gasteiger charge is -2.35. The molecule has 0 bridgehead atoms. The van der Waals surface area contributed by atoms with Gasteiger partial charge in [0.2, 0.25) is 5.91 Å². The van der Waals surface area contributed by atoms with Crippen molar-refractivity contribution in [2.24, 2.45) is 0 Å². The first-order valence-corrected chi connectivity index (χ1v) is 10.2. The van der Waals surface area contributed by atoms with E-state index < -0.39 is 5.97 Å². The van der Waals surface area contributed by atoms with Crippen molar-refractivity contribution in [2.75, 3.05) is 31.1 Å². The average Bonchev–Trinajstić information content (AvgIpc) is 2.80. The van der Waals surface area contributed by atoms with Gasteiger partial charge in [0.05, 0.1) is 5.56 Å². The van der Waals surface area contributed by atoms with Crippen LogP contribution in [0.3, 0.4) is 0 Å². The molecule has 0 aliphatic carbocycles. The molecule has 3 aromatic carbocycles. The highest BCUT2D eigenvalue weighted by Gasteiger charge is 2.19. The van der Waals surface area contributed by atoms with Gasteiger partial charge in [-0.05, 0) is 54.6 Å². The number of carbonyl (C=O) groups excluding carboxylic acids is 2. The second-order valence-electron chi connectivity index (χ2n) is 7.32. The molecule has 0 spiro atoms. The minimum absolute atomic E-state index is 0.111. The van der Waals surface area contributed by atoms with Gasteiger partial charge in [-0.3, -0.25) is 4.79 Å². The molecule has 1 fully saturated rings. The van der Waals surface area contributed by atoms with Crippen molar-refractivity contribution in [3.63, 3.8) is 0 Å². The number of benzene rings is 3. The molecule has 1 amide bonds. The van der Waals surface area contributed by atoms with Crippen LogP contribution in [-0.2, 0) is 4.79 Å². The van der Waals surface area contributed by atoms with Gasteiger partial charge in [0.25, 0.3) is 0 Å². The van der Waals surface area contributed by atoms with Gasteiger partial charge < -0.3 is 19.3 Å². The number of rotatable bonds is 5. The Kier molecular flexibility index (Phi) is 6.17. The SMILES string of the molecule is CC(=O)N1CCN(c2ccc(OC(=O)c3cccc(Oc4ccccc4)c3)cc2)CC1. The summed E-state index contributed by atoms with van der Waals surface area (Å²) in [6.07, 6.45) is 0. The molecule has 31 heavy (non-hydrogen) atoms. The highest BCUT2D eigenvalue weighted by Crippen LogP contribution is 2.24. The average molecular weight is 416 g/mol. The van der Waals surface area contributed by atoms with E-state index >= 15 is 0 Å². The van der Waals surface area contributed by atoms with Crippen LogP contribution in [0.15, 0.2) is 78.9 Å². The summed E-state index contributed by atoms with van der Waals surface area (Å²) in [6.45, 7) is 4.60. The van der Waals surface area contributed by atoms with Crippen molar-refractivity contribution in [1.82, 2.24) is 4.90 Å². The lowest BCUT2D eigenvalue weighted by molar-refractivity contribution is -0.129. The molecule has 6 nitrogen and oxygen atoms in total. The highest BCUT2D eigenvalue weighted by molar-refractivity contribution is 5.91. The van der Waals surface area contributed by atoms with Gasteiger partial charge in [0, 0.05) is 38.8 Å². The molecule has 4 rings (SSSR count). The predicted octanol–water partition coefficient (Wildman–Crippen LogP) is 4.37. The molecule has 6 heteroatoms. The van der Waals surface area contributed by atoms with Gasteiger partial charge in [-0.1, -0.05) is 24.3 Å². The third-order valence-corrected chi connectivity index (χ3v) is 5.19. The molecule has 0 radical (unpaired) electrons. The number of piperazine rings is 1. The first-order chi connectivity index (χ1) is 15.1. The summed E-state index contributed by atoms with van der Waals surface area (Å²) < 4.78 is 11.3. The van der Waals surface area contributed by atoms with Crippen molar-refractivity contribution in [3.8, 4) is 17.2 Å². The molecule has 158 valence electrons. The largest absolute Gasteiger partial charge is 0.457 e. The molecule has 0 unspecified atom stereocenters. The zero-order valence-corrected chi connectivity index (χ0v) is 17.4. The van der Waals surface area contributed by atoms with Gasteiger partial charge in [0.1, 0.15) is 17.2 Å². The molecule has 0 atom stereocenters. The van der Waals surface area contributed by atoms with E-state index in [0.717, 1.165) is 18.8 Å². The van der Waals surface area contributed by atoms with Gasteiger partial charge >= 0.3 is 5.97 Å². The normalized spacial score (nSPS) is 13.6. The summed E-state index contributed by atoms with van der Waals surface area (Å²) in [5.41, 5.74) is 1.46. The Hall–Kier alpha value is -3.80. The van der Waals surface area contributed by atoms with Crippen LogP contribution in [0.4, 0.5) is 5.69 Å². The molecule has 1 aliphatic rings. The summed E-state index contributed by atoms with van der Waals surface area (Å²) in [7, 11) is 0. The first-order valence-electron chi connectivity index (χ1n) is 10.2. The monoisotopic (exact) mass is 416 g/mol. The summed E-state index contributed by atoms with van der Waals surface area (Å²) in [4.78, 5) is 28.1. The number of nitrogens with zero attached hydrogens (tertiary/aromatic N) is 2. The summed E-state index contributed by atoms with van der Waals surface area (Å²) >= 11 is 0. The third-order valence-electron chi connectivity index (χ3n) is 5.19. The molecule has 1 saturated heterocycles. The molecule has 3 aromatic rings. The Bertz CT molecular complexity index is 1040. The minimum atomic E-state index is -0.443. The molecular formula is C25H24N2O4. The number of amides is 1. The molecule has 0 aromatic heterocycles. The lowest BCUT2D eigenvalue weighted by Crippen LogP contribution is -2.48. The van der Waals surface area contributed by atoms with Crippen molar-refractivity contribution in [2.45, 2.75) is 6.92 Å². The smallest absolute Gasteiger partial charge is 0.343 e. The number of anilines is 1. The molecule has 1 heterocycles. The van der Waals surface area contributed by atoms with E-state index in [-0.39, 0.29) is 5.91 Å². The van der Waals surface area contributed by atoms with E-state index in [1.165, 1.54) is 0 Å². The van der Waals surface area contributed by atoms with E-state index in [4.69, 9.17) is 9.47 Å². The van der Waals surface area contributed by atoms with Crippen LogP contribution in [0.1, 0.15) is 17.3 Å². The lowest BCUT2D eigenvalue weighted by atomic mass is 10.2. The maximum absolute atomic E-state index is 12.6. The molecule has 0 saturated carbocycles. The number of carbonyl (C=O) groups is 2. The number of esters is 1. The Balaban J connectivity index is 1.37. The van der Waals surface area contributed by atoms with E-state index in [0.29, 0.717) is 35.9 Å². The van der Waals surface area contributed by atoms with Crippen molar-refractivity contribution in [1.29, 1.82) is 0 Å². The maximum Gasteiger partial charge on any atom is 0.343 e. The molecular weight excluding hydrogens is 392 g/mol. The molecule has 1 aliphatic heterocycles. The second-order valence-corrected chi connectivity index (χ2v) is 7.32. The van der Waals surface area contributed by atoms with Crippen LogP contribution in [-0.4, -0.2) is 43.0 Å². The number of ether oxygens (including phenoxy) is 2. The van der Waals surface area contributed by atoms with Crippen LogP contribution in [0.25, 0.3) is 0 Å². The Morgan fingerprint density at radius 2 is 1.42 bits per heavy atom. The highest BCUT2D eigenvalue weighted by atomic mass is 16.5. The Morgan fingerprint density at radius 1 is 0.742 bits per heavy atom. The van der Waals surface area contributed by atoms with Gasteiger partial charge in [-0.15, -0.1) is 0 Å². The van der Waals surface area contributed by atoms with E-state index in [2.05, 4.69) is 4.90 Å². The van der Waals surface area contributed by atoms with E-state index in [1.807, 2.05) is 47.4 Å². The summed E-state index contributed by atoms with van der Waals surface area (Å²) in [6, 6.07) is 23.8. The van der Waals surface area contributed by atoms with Crippen LogP contribution in [0.2, 0.25) is 0 Å². The standard InChI is InChI=1S/C25H24N2O4/c1-19(28)26-14-16-27(17-15-26)21-10-12-23(13-11-21)31-25(29)20-6-5-9-24(18-20)30-22-7-3-2-4-8-22/h2-13,18H,14-17H2,1H3. The van der Waals surface area contributed by atoms with Crippen LogP contribution < -0.4 is 14.4 Å². The molecule has 0 N–H and O–H groups in total. The van der Waals surface area contributed by atoms with Gasteiger partial charge in [-0.2, -0.15) is 0 Å². The zero-order chi connectivity index (χ0) is 21.6. The summed E-state index contributed by atoms with van der Waals surface area (Å²) in [5.74, 6) is 1.42. The predicted molar refractivity (Wildman–Crippen MR) is 119 cm³/mol.